The highest BCUT2D eigenvalue weighted by atomic mass is 32.1. The highest BCUT2D eigenvalue weighted by Gasteiger charge is 2.33. The second-order valence-electron chi connectivity index (χ2n) is 3.41. The van der Waals surface area contributed by atoms with E-state index in [-0.39, 0.29) is 11.9 Å². The molecule has 1 aliphatic rings. The normalized spacial score (nSPS) is 21.8. The van der Waals surface area contributed by atoms with Gasteiger partial charge in [-0.25, -0.2) is 0 Å². The first-order valence-electron chi connectivity index (χ1n) is 4.24. The van der Waals surface area contributed by atoms with Crippen LogP contribution in [0.1, 0.15) is 11.1 Å². The van der Waals surface area contributed by atoms with Crippen LogP contribution in [0.2, 0.25) is 0 Å². The standard InChI is InChI=1S/C9H12N2OS/c1-6-4-13-5-7(6)2-11-3-8(10)9(11)12/h4-5,8H,2-3,10H2,1H3. The van der Waals surface area contributed by atoms with Crippen molar-refractivity contribution in [1.29, 1.82) is 0 Å². The van der Waals surface area contributed by atoms with Crippen LogP contribution in [-0.2, 0) is 11.3 Å². The van der Waals surface area contributed by atoms with Crippen molar-refractivity contribution < 1.29 is 4.79 Å². The molecular weight excluding hydrogens is 184 g/mol. The molecule has 1 unspecified atom stereocenters. The number of carbonyl (C=O) groups is 1. The highest BCUT2D eigenvalue weighted by molar-refractivity contribution is 7.08. The van der Waals surface area contributed by atoms with Gasteiger partial charge in [-0.1, -0.05) is 0 Å². The maximum absolute atomic E-state index is 11.2. The molecule has 1 fully saturated rings. The van der Waals surface area contributed by atoms with Gasteiger partial charge in [-0.2, -0.15) is 11.3 Å². The van der Waals surface area contributed by atoms with Crippen molar-refractivity contribution in [3.63, 3.8) is 0 Å². The minimum atomic E-state index is -0.251. The summed E-state index contributed by atoms with van der Waals surface area (Å²) in [5.41, 5.74) is 7.99. The van der Waals surface area contributed by atoms with E-state index in [0.717, 1.165) is 6.54 Å². The Morgan fingerprint density at radius 1 is 1.69 bits per heavy atom. The predicted molar refractivity (Wildman–Crippen MR) is 52.4 cm³/mol. The van der Waals surface area contributed by atoms with Gasteiger partial charge in [-0.15, -0.1) is 0 Å². The number of carbonyl (C=O) groups excluding carboxylic acids is 1. The summed E-state index contributed by atoms with van der Waals surface area (Å²) in [5, 5.41) is 4.19. The Morgan fingerprint density at radius 3 is 2.92 bits per heavy atom. The van der Waals surface area contributed by atoms with Crippen LogP contribution in [0, 0.1) is 6.92 Å². The second kappa shape index (κ2) is 3.12. The number of nitrogens with two attached hydrogens (primary N) is 1. The number of rotatable bonds is 2. The minimum Gasteiger partial charge on any atom is -0.335 e. The summed E-state index contributed by atoms with van der Waals surface area (Å²) in [4.78, 5) is 13.0. The molecule has 1 amide bonds. The van der Waals surface area contributed by atoms with E-state index in [0.29, 0.717) is 6.54 Å². The molecule has 0 aliphatic carbocycles. The molecule has 0 saturated carbocycles. The van der Waals surface area contributed by atoms with E-state index in [1.54, 1.807) is 16.2 Å². The van der Waals surface area contributed by atoms with E-state index < -0.39 is 0 Å². The maximum Gasteiger partial charge on any atom is 0.241 e. The number of nitrogens with zero attached hydrogens (tertiary/aromatic N) is 1. The van der Waals surface area contributed by atoms with E-state index in [2.05, 4.69) is 17.7 Å². The number of hydrogen-bond donors (Lipinski definition) is 1. The molecule has 1 saturated heterocycles. The van der Waals surface area contributed by atoms with Crippen molar-refractivity contribution in [2.75, 3.05) is 6.54 Å². The lowest BCUT2D eigenvalue weighted by molar-refractivity contribution is -0.143. The number of β-lactam (4-membered cyclic amide) rings is 1. The van der Waals surface area contributed by atoms with E-state index in [1.165, 1.54) is 11.1 Å². The van der Waals surface area contributed by atoms with Crippen molar-refractivity contribution in [2.45, 2.75) is 19.5 Å². The lowest BCUT2D eigenvalue weighted by atomic mass is 10.1. The van der Waals surface area contributed by atoms with Crippen LogP contribution in [0.4, 0.5) is 0 Å². The molecule has 4 heteroatoms. The topological polar surface area (TPSA) is 46.3 Å². The zero-order valence-electron chi connectivity index (χ0n) is 7.49. The highest BCUT2D eigenvalue weighted by Crippen LogP contribution is 2.19. The molecule has 2 N–H and O–H groups in total. The molecule has 1 aromatic heterocycles. The Kier molecular flexibility index (Phi) is 2.09. The molecule has 0 radical (unpaired) electrons. The van der Waals surface area contributed by atoms with Crippen molar-refractivity contribution in [3.05, 3.63) is 21.9 Å². The minimum absolute atomic E-state index is 0.0746. The maximum atomic E-state index is 11.2. The summed E-state index contributed by atoms with van der Waals surface area (Å²) >= 11 is 1.68. The molecule has 70 valence electrons. The van der Waals surface area contributed by atoms with Crippen LogP contribution in [0.3, 0.4) is 0 Å². The summed E-state index contributed by atoms with van der Waals surface area (Å²) in [6.45, 7) is 3.49. The molecule has 0 bridgehead atoms. The average molecular weight is 196 g/mol. The number of hydrogen-bond acceptors (Lipinski definition) is 3. The van der Waals surface area contributed by atoms with Crippen molar-refractivity contribution in [1.82, 2.24) is 4.90 Å². The molecule has 2 heterocycles. The van der Waals surface area contributed by atoms with Crippen LogP contribution < -0.4 is 5.73 Å². The predicted octanol–water partition coefficient (Wildman–Crippen LogP) is 0.726. The smallest absolute Gasteiger partial charge is 0.241 e. The van der Waals surface area contributed by atoms with Gasteiger partial charge >= 0.3 is 0 Å². The molecular formula is C9H12N2OS. The fraction of sp³-hybridized carbons (Fsp3) is 0.444. The molecule has 13 heavy (non-hydrogen) atoms. The van der Waals surface area contributed by atoms with Crippen molar-refractivity contribution in [3.8, 4) is 0 Å². The Balaban J connectivity index is 2.00. The summed E-state index contributed by atoms with van der Waals surface area (Å²) in [6, 6.07) is -0.251. The summed E-state index contributed by atoms with van der Waals surface area (Å²) in [6.07, 6.45) is 0. The van der Waals surface area contributed by atoms with Crippen molar-refractivity contribution >= 4 is 17.2 Å². The van der Waals surface area contributed by atoms with Crippen LogP contribution in [0.15, 0.2) is 10.8 Å². The monoisotopic (exact) mass is 196 g/mol. The number of aryl methyl sites for hydroxylation is 1. The molecule has 2 rings (SSSR count). The lowest BCUT2D eigenvalue weighted by Crippen LogP contribution is -2.60. The first kappa shape index (κ1) is 8.72. The Morgan fingerprint density at radius 2 is 2.46 bits per heavy atom. The van der Waals surface area contributed by atoms with E-state index in [1.807, 2.05) is 0 Å². The van der Waals surface area contributed by atoms with Gasteiger partial charge in [0.15, 0.2) is 0 Å². The second-order valence-corrected chi connectivity index (χ2v) is 4.15. The van der Waals surface area contributed by atoms with E-state index in [9.17, 15) is 4.79 Å². The Labute approximate surface area is 81.2 Å². The average Bonchev–Trinajstić information content (AvgIpc) is 2.51. The van der Waals surface area contributed by atoms with Crippen LogP contribution in [0.5, 0.6) is 0 Å². The molecule has 3 nitrogen and oxygen atoms in total. The Bertz CT molecular complexity index is 334. The van der Waals surface area contributed by atoms with Gasteiger partial charge in [0.25, 0.3) is 0 Å². The van der Waals surface area contributed by atoms with Crippen LogP contribution in [0.25, 0.3) is 0 Å². The Hall–Kier alpha value is -0.870. The number of likely N-dealkylation sites (tertiary alicyclic amines) is 1. The van der Waals surface area contributed by atoms with Gasteiger partial charge in [-0.3, -0.25) is 4.79 Å². The fourth-order valence-electron chi connectivity index (χ4n) is 1.42. The summed E-state index contributed by atoms with van der Waals surface area (Å²) < 4.78 is 0. The van der Waals surface area contributed by atoms with Gasteiger partial charge in [0.2, 0.25) is 5.91 Å². The molecule has 0 spiro atoms. The first-order valence-corrected chi connectivity index (χ1v) is 5.19. The van der Waals surface area contributed by atoms with Crippen molar-refractivity contribution in [2.24, 2.45) is 5.73 Å². The van der Waals surface area contributed by atoms with Gasteiger partial charge in [0.1, 0.15) is 6.04 Å². The molecule has 1 aliphatic heterocycles. The van der Waals surface area contributed by atoms with Gasteiger partial charge in [0, 0.05) is 13.1 Å². The van der Waals surface area contributed by atoms with Crippen LogP contribution >= 0.6 is 11.3 Å². The fourth-order valence-corrected chi connectivity index (χ4v) is 2.27. The number of thiophene rings is 1. The van der Waals surface area contributed by atoms with Gasteiger partial charge in [-0.05, 0) is 28.8 Å². The largest absolute Gasteiger partial charge is 0.335 e. The van der Waals surface area contributed by atoms with Crippen LogP contribution in [-0.4, -0.2) is 23.4 Å². The van der Waals surface area contributed by atoms with E-state index in [4.69, 9.17) is 5.73 Å². The van der Waals surface area contributed by atoms with Gasteiger partial charge < -0.3 is 10.6 Å². The van der Waals surface area contributed by atoms with Gasteiger partial charge in [0.05, 0.1) is 0 Å². The third-order valence-electron chi connectivity index (χ3n) is 2.37. The molecule has 1 atom stereocenters. The summed E-state index contributed by atoms with van der Waals surface area (Å²) in [7, 11) is 0. The third kappa shape index (κ3) is 1.47. The molecule has 1 aromatic rings. The van der Waals surface area contributed by atoms with E-state index >= 15 is 0 Å². The third-order valence-corrected chi connectivity index (χ3v) is 3.28. The zero-order valence-corrected chi connectivity index (χ0v) is 8.30. The zero-order chi connectivity index (χ0) is 9.42. The SMILES string of the molecule is Cc1cscc1CN1CC(N)C1=O. The molecule has 0 aromatic carbocycles. The summed E-state index contributed by atoms with van der Waals surface area (Å²) in [5.74, 6) is 0.0746. The quantitative estimate of drug-likeness (QED) is 0.709. The number of amides is 1. The first-order chi connectivity index (χ1) is 6.18. The lowest BCUT2D eigenvalue weighted by Gasteiger charge is -2.36.